The van der Waals surface area contributed by atoms with Crippen molar-refractivity contribution in [2.24, 2.45) is 4.99 Å². The molecule has 0 saturated heterocycles. The zero-order chi connectivity index (χ0) is 20.6. The standard InChI is InChI=1S/C19H13F3N2O3S2/c20-19(21,22)11-3-1-10(2-4-11)8-27-12-5-6-13-15(7-12)29-17(23-13)16-24-14(9-28-16)18(25)26/h1-7,14H,8-9H2,(H,25,26). The number of fused-ring (bicyclic) bond motifs is 1. The van der Waals surface area contributed by atoms with E-state index >= 15 is 0 Å². The van der Waals surface area contributed by atoms with Crippen LogP contribution in [0.15, 0.2) is 47.5 Å². The summed E-state index contributed by atoms with van der Waals surface area (Å²) in [5.74, 6) is 0.00631. The number of nitrogens with zero attached hydrogens (tertiary/aromatic N) is 2. The minimum atomic E-state index is -4.36. The molecule has 4 rings (SSSR count). The van der Waals surface area contributed by atoms with E-state index in [9.17, 15) is 18.0 Å². The van der Waals surface area contributed by atoms with E-state index < -0.39 is 23.8 Å². The molecule has 0 radical (unpaired) electrons. The number of aromatic nitrogens is 1. The van der Waals surface area contributed by atoms with Gasteiger partial charge in [0, 0.05) is 5.75 Å². The van der Waals surface area contributed by atoms with Crippen molar-refractivity contribution in [1.82, 2.24) is 4.98 Å². The van der Waals surface area contributed by atoms with Crippen LogP contribution in [0.1, 0.15) is 16.1 Å². The Labute approximate surface area is 171 Å². The fraction of sp³-hybridized carbons (Fsp3) is 0.211. The Balaban J connectivity index is 1.47. The maximum atomic E-state index is 12.6. The second-order valence-corrected chi connectivity index (χ2v) is 8.27. The third-order valence-corrected chi connectivity index (χ3v) is 6.37. The highest BCUT2D eigenvalue weighted by Crippen LogP contribution is 2.32. The highest BCUT2D eigenvalue weighted by molar-refractivity contribution is 8.15. The first-order valence-corrected chi connectivity index (χ1v) is 10.2. The third kappa shape index (κ3) is 4.38. The van der Waals surface area contributed by atoms with Crippen molar-refractivity contribution in [2.75, 3.05) is 5.75 Å². The van der Waals surface area contributed by atoms with Gasteiger partial charge in [-0.1, -0.05) is 12.1 Å². The summed E-state index contributed by atoms with van der Waals surface area (Å²) in [5, 5.41) is 10.3. The number of carboxylic acids is 1. The number of hydrogen-bond acceptors (Lipinski definition) is 6. The number of aliphatic carboxylic acids is 1. The van der Waals surface area contributed by atoms with Crippen molar-refractivity contribution in [3.8, 4) is 5.75 Å². The largest absolute Gasteiger partial charge is 0.489 e. The van der Waals surface area contributed by atoms with Gasteiger partial charge in [-0.3, -0.25) is 4.99 Å². The molecule has 1 atom stereocenters. The quantitative estimate of drug-likeness (QED) is 0.617. The number of thiazole rings is 1. The van der Waals surface area contributed by atoms with E-state index in [2.05, 4.69) is 9.98 Å². The van der Waals surface area contributed by atoms with Crippen molar-refractivity contribution >= 4 is 44.3 Å². The van der Waals surface area contributed by atoms with Gasteiger partial charge in [0.25, 0.3) is 0 Å². The van der Waals surface area contributed by atoms with Gasteiger partial charge in [-0.25, -0.2) is 9.78 Å². The van der Waals surface area contributed by atoms with E-state index in [1.54, 1.807) is 18.2 Å². The Hall–Kier alpha value is -2.59. The van der Waals surface area contributed by atoms with Crippen molar-refractivity contribution < 1.29 is 27.8 Å². The topological polar surface area (TPSA) is 71.8 Å². The number of carbonyl (C=O) groups is 1. The fourth-order valence-corrected chi connectivity index (χ4v) is 4.75. The molecule has 2 aromatic carbocycles. The third-order valence-electron chi connectivity index (χ3n) is 4.17. The number of benzene rings is 2. The van der Waals surface area contributed by atoms with Crippen LogP contribution in [-0.4, -0.2) is 32.9 Å². The van der Waals surface area contributed by atoms with E-state index in [1.165, 1.54) is 35.2 Å². The highest BCUT2D eigenvalue weighted by atomic mass is 32.2. The van der Waals surface area contributed by atoms with Gasteiger partial charge in [0.1, 0.15) is 22.4 Å². The Kier molecular flexibility index (Phi) is 5.22. The Morgan fingerprint density at radius 3 is 2.62 bits per heavy atom. The van der Waals surface area contributed by atoms with E-state index in [0.717, 1.165) is 22.3 Å². The van der Waals surface area contributed by atoms with Gasteiger partial charge >= 0.3 is 12.1 Å². The molecular weight excluding hydrogens is 425 g/mol. The Morgan fingerprint density at radius 2 is 1.97 bits per heavy atom. The fourth-order valence-electron chi connectivity index (χ4n) is 2.66. The van der Waals surface area contributed by atoms with Crippen molar-refractivity contribution in [3.63, 3.8) is 0 Å². The molecule has 0 fully saturated rings. The van der Waals surface area contributed by atoms with Crippen LogP contribution in [0.2, 0.25) is 0 Å². The van der Waals surface area contributed by atoms with Crippen LogP contribution in [-0.2, 0) is 17.6 Å². The number of alkyl halides is 3. The summed E-state index contributed by atoms with van der Waals surface area (Å²) in [4.78, 5) is 19.7. The molecule has 150 valence electrons. The molecule has 0 aliphatic carbocycles. The van der Waals surface area contributed by atoms with Gasteiger partial charge in [0.15, 0.2) is 6.04 Å². The van der Waals surface area contributed by atoms with Crippen molar-refractivity contribution in [1.29, 1.82) is 0 Å². The average Bonchev–Trinajstić information content (AvgIpc) is 3.32. The summed E-state index contributed by atoms with van der Waals surface area (Å²) < 4.78 is 44.4. The smallest absolute Gasteiger partial charge is 0.416 e. The zero-order valence-electron chi connectivity index (χ0n) is 14.6. The minimum absolute atomic E-state index is 0.137. The molecule has 0 saturated carbocycles. The second-order valence-electron chi connectivity index (χ2n) is 6.23. The molecule has 0 spiro atoms. The van der Waals surface area contributed by atoms with Crippen molar-refractivity contribution in [2.45, 2.75) is 18.8 Å². The monoisotopic (exact) mass is 438 g/mol. The Bertz CT molecular complexity index is 1090. The number of rotatable bonds is 5. The van der Waals surface area contributed by atoms with E-state index in [0.29, 0.717) is 27.1 Å². The molecular formula is C19H13F3N2O3S2. The van der Waals surface area contributed by atoms with Gasteiger partial charge in [-0.15, -0.1) is 23.1 Å². The summed E-state index contributed by atoms with van der Waals surface area (Å²) in [6, 6.07) is 9.41. The lowest BCUT2D eigenvalue weighted by atomic mass is 10.1. The van der Waals surface area contributed by atoms with Gasteiger partial charge in [0.2, 0.25) is 0 Å². The normalized spacial score (nSPS) is 16.8. The van der Waals surface area contributed by atoms with E-state index in [-0.39, 0.29) is 6.61 Å². The molecule has 1 N–H and O–H groups in total. The molecule has 29 heavy (non-hydrogen) atoms. The first-order valence-electron chi connectivity index (χ1n) is 8.43. The van der Waals surface area contributed by atoms with E-state index in [1.807, 2.05) is 0 Å². The molecule has 2 heterocycles. The van der Waals surface area contributed by atoms with Gasteiger partial charge in [-0.05, 0) is 35.9 Å². The number of ether oxygens (including phenoxy) is 1. The number of hydrogen-bond donors (Lipinski definition) is 1. The Morgan fingerprint density at radius 1 is 1.21 bits per heavy atom. The molecule has 3 aromatic rings. The first kappa shape index (κ1) is 19.7. The first-order chi connectivity index (χ1) is 13.8. The number of carboxylic acid groups (broad SMARTS) is 1. The van der Waals surface area contributed by atoms with Gasteiger partial charge < -0.3 is 9.84 Å². The van der Waals surface area contributed by atoms with Crippen LogP contribution in [0.5, 0.6) is 5.75 Å². The van der Waals surface area contributed by atoms with Crippen LogP contribution in [0.25, 0.3) is 10.2 Å². The molecule has 1 aliphatic rings. The summed E-state index contributed by atoms with van der Waals surface area (Å²) in [6.45, 7) is 0.137. The predicted molar refractivity (Wildman–Crippen MR) is 106 cm³/mol. The van der Waals surface area contributed by atoms with Gasteiger partial charge in [0.05, 0.1) is 15.8 Å². The maximum Gasteiger partial charge on any atom is 0.416 e. The van der Waals surface area contributed by atoms with Crippen LogP contribution < -0.4 is 4.74 Å². The lowest BCUT2D eigenvalue weighted by Gasteiger charge is -2.09. The molecule has 5 nitrogen and oxygen atoms in total. The van der Waals surface area contributed by atoms with Crippen LogP contribution in [0.4, 0.5) is 13.2 Å². The number of aliphatic imine (C=N–C) groups is 1. The molecule has 1 aliphatic heterocycles. The molecule has 0 amide bonds. The molecule has 1 aromatic heterocycles. The van der Waals surface area contributed by atoms with Crippen LogP contribution in [0.3, 0.4) is 0 Å². The summed E-state index contributed by atoms with van der Waals surface area (Å²) in [7, 11) is 0. The van der Waals surface area contributed by atoms with Crippen LogP contribution >= 0.6 is 23.1 Å². The maximum absolute atomic E-state index is 12.6. The highest BCUT2D eigenvalue weighted by Gasteiger charge is 2.30. The number of halogens is 3. The average molecular weight is 438 g/mol. The number of thioether (sulfide) groups is 1. The second kappa shape index (κ2) is 7.68. The van der Waals surface area contributed by atoms with Gasteiger partial charge in [-0.2, -0.15) is 13.2 Å². The molecule has 1 unspecified atom stereocenters. The van der Waals surface area contributed by atoms with Crippen LogP contribution in [0, 0.1) is 0 Å². The lowest BCUT2D eigenvalue weighted by Crippen LogP contribution is -2.17. The SMILES string of the molecule is O=C(O)C1CSC(c2nc3ccc(OCc4ccc(C(F)(F)F)cc4)cc3s2)=N1. The summed E-state index contributed by atoms with van der Waals surface area (Å²) >= 11 is 2.76. The van der Waals surface area contributed by atoms with Crippen molar-refractivity contribution in [3.05, 3.63) is 58.6 Å². The molecule has 10 heteroatoms. The predicted octanol–water partition coefficient (Wildman–Crippen LogP) is 4.84. The molecule has 0 bridgehead atoms. The minimum Gasteiger partial charge on any atom is -0.489 e. The summed E-state index contributed by atoms with van der Waals surface area (Å²) in [6.07, 6.45) is -4.36. The zero-order valence-corrected chi connectivity index (χ0v) is 16.3. The van der Waals surface area contributed by atoms with E-state index in [4.69, 9.17) is 9.84 Å². The summed E-state index contributed by atoms with van der Waals surface area (Å²) in [5.41, 5.74) is 0.672. The lowest BCUT2D eigenvalue weighted by molar-refractivity contribution is -0.138.